The van der Waals surface area contributed by atoms with Gasteiger partial charge in [-0.15, -0.1) is 0 Å². The molecular formula is C35H24Cl2N4O2S. The molecule has 2 heterocycles. The Labute approximate surface area is 269 Å². The topological polar surface area (TPSA) is 86.9 Å². The Hall–Kier alpha value is -4.56. The molecule has 44 heavy (non-hydrogen) atoms. The van der Waals surface area contributed by atoms with Crippen LogP contribution >= 0.6 is 35.4 Å². The number of hydrogen-bond donors (Lipinski definition) is 3. The zero-order valence-corrected chi connectivity index (χ0v) is 25.4. The van der Waals surface area contributed by atoms with Crippen molar-refractivity contribution in [2.24, 2.45) is 5.41 Å². The second-order valence-corrected chi connectivity index (χ2v) is 12.1. The number of carbonyl (C=O) groups excluding carboxylic acids is 2. The number of nitrogens with zero attached hydrogens (tertiary/aromatic N) is 1. The van der Waals surface area contributed by atoms with Crippen molar-refractivity contribution in [3.63, 3.8) is 0 Å². The normalized spacial score (nSPS) is 19.9. The van der Waals surface area contributed by atoms with Crippen molar-refractivity contribution in [3.05, 3.63) is 147 Å². The number of halogens is 2. The minimum atomic E-state index is -1.73. The third kappa shape index (κ3) is 4.56. The van der Waals surface area contributed by atoms with E-state index in [2.05, 4.69) is 15.7 Å². The maximum Gasteiger partial charge on any atom is 0.243 e. The van der Waals surface area contributed by atoms with Gasteiger partial charge in [-0.3, -0.25) is 14.7 Å². The Kier molecular flexibility index (Phi) is 7.17. The molecule has 5 aromatic rings. The van der Waals surface area contributed by atoms with Crippen LogP contribution in [-0.2, 0) is 9.59 Å². The number of fused-ring (bicyclic) bond motifs is 1. The molecule has 0 bridgehead atoms. The first-order valence-corrected chi connectivity index (χ1v) is 15.1. The first-order chi connectivity index (χ1) is 21.4. The van der Waals surface area contributed by atoms with Crippen molar-refractivity contribution in [2.75, 3.05) is 0 Å². The standard InChI is InChI=1S/C35H24Cl2N4O2S/c36-24-15-11-21(12-16-24)28-26(19-20-7-3-1-4-8-20)31-27(30(40-41-31)23-9-5-2-6-10-23)29(22-13-17-25(37)18-14-22)35(28)32(42)38-34(44)39-33(35)43/h1-19,28-29H,(H,40,41)(H2,38,39,42,43,44)/b26-19-. The Morgan fingerprint density at radius 2 is 1.23 bits per heavy atom. The van der Waals surface area contributed by atoms with Crippen molar-refractivity contribution < 1.29 is 9.59 Å². The van der Waals surface area contributed by atoms with Gasteiger partial charge in [-0.25, -0.2) is 0 Å². The van der Waals surface area contributed by atoms with E-state index in [9.17, 15) is 9.59 Å². The zero-order chi connectivity index (χ0) is 30.4. The lowest BCUT2D eigenvalue weighted by atomic mass is 9.52. The minimum Gasteiger partial charge on any atom is -0.302 e. The molecule has 3 N–H and O–H groups in total. The van der Waals surface area contributed by atoms with E-state index < -0.39 is 29.1 Å². The van der Waals surface area contributed by atoms with Crippen molar-refractivity contribution in [2.45, 2.75) is 11.8 Å². The number of H-pyrrole nitrogens is 1. The van der Waals surface area contributed by atoms with Gasteiger partial charge < -0.3 is 10.6 Å². The van der Waals surface area contributed by atoms with Crippen LogP contribution in [0.15, 0.2) is 109 Å². The number of thiocarbonyl (C=S) groups is 1. The number of aromatic nitrogens is 2. The molecule has 1 spiro atoms. The van der Waals surface area contributed by atoms with Crippen LogP contribution in [0.1, 0.15) is 39.8 Å². The molecule has 2 amide bonds. The monoisotopic (exact) mass is 634 g/mol. The molecule has 0 radical (unpaired) electrons. The second kappa shape index (κ2) is 11.2. The first-order valence-electron chi connectivity index (χ1n) is 14.0. The molecule has 1 fully saturated rings. The van der Waals surface area contributed by atoms with Gasteiger partial charge in [-0.1, -0.05) is 108 Å². The molecule has 2 unspecified atom stereocenters. The van der Waals surface area contributed by atoms with E-state index in [1.807, 2.05) is 91.0 Å². The van der Waals surface area contributed by atoms with Gasteiger partial charge in [0, 0.05) is 27.4 Å². The van der Waals surface area contributed by atoms with Crippen LogP contribution in [0.2, 0.25) is 10.0 Å². The number of carbonyl (C=O) groups is 2. The van der Waals surface area contributed by atoms with Crippen LogP contribution in [0.25, 0.3) is 22.9 Å². The van der Waals surface area contributed by atoms with E-state index in [1.54, 1.807) is 24.3 Å². The lowest BCUT2D eigenvalue weighted by molar-refractivity contribution is -0.145. The fourth-order valence-corrected chi connectivity index (χ4v) is 7.03. The van der Waals surface area contributed by atoms with E-state index in [0.29, 0.717) is 27.0 Å². The molecule has 9 heteroatoms. The van der Waals surface area contributed by atoms with E-state index in [-0.39, 0.29) is 5.11 Å². The Balaban J connectivity index is 1.65. The van der Waals surface area contributed by atoms with Crippen LogP contribution in [0.5, 0.6) is 0 Å². The summed E-state index contributed by atoms with van der Waals surface area (Å²) in [6.07, 6.45) is 2.00. The SMILES string of the molecule is O=C1NC(=S)NC(=O)C12C(c1ccc(Cl)cc1)/C(=C/c1ccccc1)c1n[nH]c(-c3ccccc3)c1C2c1ccc(Cl)cc1. The quantitative estimate of drug-likeness (QED) is 0.142. The van der Waals surface area contributed by atoms with Gasteiger partial charge in [0.05, 0.1) is 11.4 Å². The van der Waals surface area contributed by atoms with Crippen molar-refractivity contribution in [3.8, 4) is 11.3 Å². The highest BCUT2D eigenvalue weighted by Gasteiger charge is 2.65. The molecule has 1 aliphatic heterocycles. The Bertz CT molecular complexity index is 1920. The summed E-state index contributed by atoms with van der Waals surface area (Å²) in [7, 11) is 0. The highest BCUT2D eigenvalue weighted by molar-refractivity contribution is 7.80. The summed E-state index contributed by atoms with van der Waals surface area (Å²) in [4.78, 5) is 29.4. The van der Waals surface area contributed by atoms with Gasteiger partial charge in [0.15, 0.2) is 10.5 Å². The maximum absolute atomic E-state index is 14.7. The summed E-state index contributed by atoms with van der Waals surface area (Å²) in [5.41, 5.74) is 4.28. The number of benzene rings is 4. The molecule has 2 aliphatic rings. The fourth-order valence-electron chi connectivity index (χ4n) is 6.59. The highest BCUT2D eigenvalue weighted by Crippen LogP contribution is 2.62. The van der Waals surface area contributed by atoms with E-state index in [0.717, 1.165) is 27.8 Å². The maximum atomic E-state index is 14.7. The molecule has 2 atom stereocenters. The predicted octanol–water partition coefficient (Wildman–Crippen LogP) is 7.37. The molecule has 1 saturated heterocycles. The predicted molar refractivity (Wildman–Crippen MR) is 177 cm³/mol. The summed E-state index contributed by atoms with van der Waals surface area (Å²) in [5, 5.41) is 14.8. The number of amides is 2. The lowest BCUT2D eigenvalue weighted by Gasteiger charge is -2.49. The Morgan fingerprint density at radius 1 is 0.705 bits per heavy atom. The number of nitrogens with one attached hydrogen (secondary N) is 3. The number of hydrogen-bond acceptors (Lipinski definition) is 4. The van der Waals surface area contributed by atoms with Crippen LogP contribution in [0.4, 0.5) is 0 Å². The third-order valence-corrected chi connectivity index (χ3v) is 9.09. The molecule has 6 nitrogen and oxygen atoms in total. The van der Waals surface area contributed by atoms with Crippen LogP contribution < -0.4 is 10.6 Å². The average Bonchev–Trinajstić information content (AvgIpc) is 3.47. The van der Waals surface area contributed by atoms with Gasteiger partial charge in [0.25, 0.3) is 0 Å². The lowest BCUT2D eigenvalue weighted by Crippen LogP contribution is -2.67. The van der Waals surface area contributed by atoms with Crippen molar-refractivity contribution >= 4 is 64.0 Å². The molecule has 1 aliphatic carbocycles. The number of allylic oxidation sites excluding steroid dienone is 1. The van der Waals surface area contributed by atoms with Gasteiger partial charge in [0.2, 0.25) is 11.8 Å². The van der Waals surface area contributed by atoms with Gasteiger partial charge >= 0.3 is 0 Å². The molecule has 216 valence electrons. The van der Waals surface area contributed by atoms with E-state index in [1.165, 1.54) is 0 Å². The van der Waals surface area contributed by atoms with Crippen molar-refractivity contribution in [1.82, 2.24) is 20.8 Å². The van der Waals surface area contributed by atoms with Crippen LogP contribution in [-0.4, -0.2) is 27.1 Å². The largest absolute Gasteiger partial charge is 0.302 e. The van der Waals surface area contributed by atoms with Crippen LogP contribution in [0, 0.1) is 5.41 Å². The van der Waals surface area contributed by atoms with E-state index >= 15 is 0 Å². The smallest absolute Gasteiger partial charge is 0.243 e. The fraction of sp³-hybridized carbons (Fsp3) is 0.0857. The average molecular weight is 636 g/mol. The molecule has 7 rings (SSSR count). The molecule has 1 aromatic heterocycles. The zero-order valence-electron chi connectivity index (χ0n) is 23.1. The van der Waals surface area contributed by atoms with E-state index in [4.69, 9.17) is 40.5 Å². The molecule has 0 saturated carbocycles. The molecule has 4 aromatic carbocycles. The highest BCUT2D eigenvalue weighted by atomic mass is 35.5. The third-order valence-electron chi connectivity index (χ3n) is 8.38. The summed E-state index contributed by atoms with van der Waals surface area (Å²) in [6, 6.07) is 34.0. The second-order valence-electron chi connectivity index (χ2n) is 10.8. The number of aromatic amines is 1. The van der Waals surface area contributed by atoms with Gasteiger partial charge in [-0.2, -0.15) is 5.10 Å². The molecular weight excluding hydrogens is 611 g/mol. The summed E-state index contributed by atoms with van der Waals surface area (Å²) in [6.45, 7) is 0. The van der Waals surface area contributed by atoms with Crippen LogP contribution in [0.3, 0.4) is 0 Å². The van der Waals surface area contributed by atoms with Gasteiger partial charge in [0.1, 0.15) is 0 Å². The Morgan fingerprint density at radius 3 is 1.80 bits per heavy atom. The van der Waals surface area contributed by atoms with Crippen molar-refractivity contribution in [1.29, 1.82) is 0 Å². The summed E-state index contributed by atoms with van der Waals surface area (Å²) >= 11 is 18.0. The minimum absolute atomic E-state index is 0.0369. The summed E-state index contributed by atoms with van der Waals surface area (Å²) < 4.78 is 0. The van der Waals surface area contributed by atoms with Gasteiger partial charge in [-0.05, 0) is 70.4 Å². The number of rotatable bonds is 4. The first kappa shape index (κ1) is 28.2. The summed E-state index contributed by atoms with van der Waals surface area (Å²) in [5.74, 6) is -2.59.